The number of aromatic nitrogens is 2. The lowest BCUT2D eigenvalue weighted by Crippen LogP contribution is -2.25. The molecule has 1 aromatic rings. The summed E-state index contributed by atoms with van der Waals surface area (Å²) in [5.41, 5.74) is 0. The van der Waals surface area contributed by atoms with Gasteiger partial charge in [-0.05, 0) is 12.8 Å². The number of alkyl halides is 2. The molecule has 2 rings (SSSR count). The molecule has 78 valence electrons. The lowest BCUT2D eigenvalue weighted by atomic mass is 9.86. The van der Waals surface area contributed by atoms with E-state index in [1.54, 1.807) is 0 Å². The van der Waals surface area contributed by atoms with Crippen LogP contribution in [0.5, 0.6) is 0 Å². The summed E-state index contributed by atoms with van der Waals surface area (Å²) in [7, 11) is 0. The maximum Gasteiger partial charge on any atom is 0.248 e. The van der Waals surface area contributed by atoms with Gasteiger partial charge in [-0.25, -0.2) is 8.78 Å². The molecule has 1 aromatic heterocycles. The van der Waals surface area contributed by atoms with Gasteiger partial charge in [0.15, 0.2) is 0 Å². The van der Waals surface area contributed by atoms with E-state index in [4.69, 9.17) is 4.52 Å². The molecule has 1 fully saturated rings. The SMILES string of the molecule is FC1(F)CCCC(c2nc(I)no2)C1. The van der Waals surface area contributed by atoms with Crippen molar-refractivity contribution < 1.29 is 13.3 Å². The van der Waals surface area contributed by atoms with Crippen molar-refractivity contribution in [1.82, 2.24) is 10.1 Å². The fraction of sp³-hybridized carbons (Fsp3) is 0.750. The summed E-state index contributed by atoms with van der Waals surface area (Å²) in [6.45, 7) is 0. The largest absolute Gasteiger partial charge is 0.338 e. The molecule has 1 aliphatic carbocycles. The Morgan fingerprint density at radius 3 is 2.86 bits per heavy atom. The van der Waals surface area contributed by atoms with Crippen LogP contribution >= 0.6 is 22.6 Å². The Hall–Kier alpha value is -0.270. The first-order chi connectivity index (χ1) is 6.57. The fourth-order valence-corrected chi connectivity index (χ4v) is 2.10. The highest BCUT2D eigenvalue weighted by Crippen LogP contribution is 2.41. The molecule has 1 saturated carbocycles. The minimum atomic E-state index is -2.57. The van der Waals surface area contributed by atoms with Gasteiger partial charge in [0.25, 0.3) is 0 Å². The van der Waals surface area contributed by atoms with Gasteiger partial charge in [0.1, 0.15) is 0 Å². The molecule has 1 heterocycles. The minimum absolute atomic E-state index is 0.0191. The topological polar surface area (TPSA) is 38.9 Å². The molecule has 1 atom stereocenters. The van der Waals surface area contributed by atoms with E-state index < -0.39 is 5.92 Å². The van der Waals surface area contributed by atoms with Crippen molar-refractivity contribution in [3.8, 4) is 0 Å². The standard InChI is InChI=1S/C8H9F2IN2O/c9-8(10)3-1-2-5(4-8)6-12-7(11)13-14-6/h5H,1-4H2. The first kappa shape index (κ1) is 10.3. The van der Waals surface area contributed by atoms with Crippen LogP contribution in [0.1, 0.15) is 37.5 Å². The molecular weight excluding hydrogens is 305 g/mol. The van der Waals surface area contributed by atoms with Crippen molar-refractivity contribution in [2.75, 3.05) is 0 Å². The predicted molar refractivity (Wildman–Crippen MR) is 53.2 cm³/mol. The van der Waals surface area contributed by atoms with E-state index in [2.05, 4.69) is 10.1 Å². The average Bonchev–Trinajstić information content (AvgIpc) is 2.50. The third-order valence-electron chi connectivity index (χ3n) is 2.41. The normalized spacial score (nSPS) is 26.4. The highest BCUT2D eigenvalue weighted by atomic mass is 127. The third kappa shape index (κ3) is 2.21. The van der Waals surface area contributed by atoms with Gasteiger partial charge >= 0.3 is 0 Å². The maximum atomic E-state index is 13.1. The van der Waals surface area contributed by atoms with Crippen LogP contribution in [0, 0.1) is 3.83 Å². The molecule has 0 spiro atoms. The second-order valence-corrected chi connectivity index (χ2v) is 4.52. The van der Waals surface area contributed by atoms with E-state index in [0.717, 1.165) is 0 Å². The van der Waals surface area contributed by atoms with Crippen LogP contribution in [0.3, 0.4) is 0 Å². The van der Waals surface area contributed by atoms with Crippen LogP contribution in [0.4, 0.5) is 8.78 Å². The molecule has 0 saturated heterocycles. The second-order valence-electron chi connectivity index (χ2n) is 3.55. The van der Waals surface area contributed by atoms with Crippen LogP contribution in [0.25, 0.3) is 0 Å². The van der Waals surface area contributed by atoms with Gasteiger partial charge in [-0.15, -0.1) is 0 Å². The smallest absolute Gasteiger partial charge is 0.248 e. The zero-order chi connectivity index (χ0) is 10.2. The van der Waals surface area contributed by atoms with E-state index >= 15 is 0 Å². The predicted octanol–water partition coefficient (Wildman–Crippen LogP) is 2.97. The number of nitrogens with zero attached hydrogens (tertiary/aromatic N) is 2. The first-order valence-corrected chi connectivity index (χ1v) is 5.52. The van der Waals surface area contributed by atoms with Gasteiger partial charge in [-0.2, -0.15) is 4.98 Å². The molecule has 6 heteroatoms. The van der Waals surface area contributed by atoms with Crippen LogP contribution in [0.15, 0.2) is 4.52 Å². The molecule has 3 nitrogen and oxygen atoms in total. The van der Waals surface area contributed by atoms with Crippen molar-refractivity contribution in [2.24, 2.45) is 0 Å². The summed E-state index contributed by atoms with van der Waals surface area (Å²) in [5, 5.41) is 3.60. The lowest BCUT2D eigenvalue weighted by molar-refractivity contribution is -0.0440. The molecule has 0 radical (unpaired) electrons. The number of halogens is 3. The van der Waals surface area contributed by atoms with E-state index in [1.165, 1.54) is 0 Å². The molecule has 0 aliphatic heterocycles. The highest BCUT2D eigenvalue weighted by Gasteiger charge is 2.38. The second kappa shape index (κ2) is 3.71. The number of hydrogen-bond donors (Lipinski definition) is 0. The number of hydrogen-bond acceptors (Lipinski definition) is 3. The molecule has 14 heavy (non-hydrogen) atoms. The molecule has 0 bridgehead atoms. The Labute approximate surface area is 93.4 Å². The molecular formula is C8H9F2IN2O. The average molecular weight is 314 g/mol. The van der Waals surface area contributed by atoms with Gasteiger partial charge in [-0.3, -0.25) is 0 Å². The van der Waals surface area contributed by atoms with Gasteiger partial charge in [0.05, 0.1) is 0 Å². The Bertz CT molecular complexity index is 329. The summed E-state index contributed by atoms with van der Waals surface area (Å²) in [6.07, 6.45) is 1.06. The highest BCUT2D eigenvalue weighted by molar-refractivity contribution is 14.1. The first-order valence-electron chi connectivity index (χ1n) is 4.44. The Morgan fingerprint density at radius 2 is 2.29 bits per heavy atom. The molecule has 1 aliphatic rings. The summed E-state index contributed by atoms with van der Waals surface area (Å²) >= 11 is 1.90. The summed E-state index contributed by atoms with van der Waals surface area (Å²) in [5.74, 6) is -2.48. The lowest BCUT2D eigenvalue weighted by Gasteiger charge is -2.26. The minimum Gasteiger partial charge on any atom is -0.338 e. The van der Waals surface area contributed by atoms with Crippen LogP contribution in [-0.4, -0.2) is 16.1 Å². The van der Waals surface area contributed by atoms with Crippen molar-refractivity contribution in [2.45, 2.75) is 37.5 Å². The Balaban J connectivity index is 2.12. The van der Waals surface area contributed by atoms with E-state index in [1.807, 2.05) is 22.6 Å². The van der Waals surface area contributed by atoms with Gasteiger partial charge in [0.2, 0.25) is 15.6 Å². The zero-order valence-electron chi connectivity index (χ0n) is 7.34. The van der Waals surface area contributed by atoms with Crippen molar-refractivity contribution in [1.29, 1.82) is 0 Å². The Morgan fingerprint density at radius 1 is 1.50 bits per heavy atom. The zero-order valence-corrected chi connectivity index (χ0v) is 9.50. The summed E-state index contributed by atoms with van der Waals surface area (Å²) in [4.78, 5) is 3.98. The van der Waals surface area contributed by atoms with Crippen LogP contribution in [0.2, 0.25) is 0 Å². The molecule has 0 amide bonds. The fourth-order valence-electron chi connectivity index (χ4n) is 1.76. The summed E-state index contributed by atoms with van der Waals surface area (Å²) in [6, 6.07) is 0. The van der Waals surface area contributed by atoms with Gasteiger partial charge in [-0.1, -0.05) is 5.16 Å². The van der Waals surface area contributed by atoms with Crippen LogP contribution < -0.4 is 0 Å². The quantitative estimate of drug-likeness (QED) is 0.748. The summed E-state index contributed by atoms with van der Waals surface area (Å²) < 4.78 is 31.5. The molecule has 0 aromatic carbocycles. The van der Waals surface area contributed by atoms with Crippen molar-refractivity contribution in [3.63, 3.8) is 0 Å². The van der Waals surface area contributed by atoms with Crippen molar-refractivity contribution >= 4 is 22.6 Å². The van der Waals surface area contributed by atoms with E-state index in [-0.39, 0.29) is 18.8 Å². The number of rotatable bonds is 1. The monoisotopic (exact) mass is 314 g/mol. The molecule has 1 unspecified atom stereocenters. The maximum absolute atomic E-state index is 13.1. The third-order valence-corrected chi connectivity index (χ3v) is 2.84. The van der Waals surface area contributed by atoms with E-state index in [9.17, 15) is 8.78 Å². The van der Waals surface area contributed by atoms with E-state index in [0.29, 0.717) is 22.6 Å². The van der Waals surface area contributed by atoms with Crippen LogP contribution in [-0.2, 0) is 0 Å². The molecule has 0 N–H and O–H groups in total. The Kier molecular flexibility index (Phi) is 2.72. The van der Waals surface area contributed by atoms with Gasteiger partial charge in [0, 0.05) is 41.4 Å². The van der Waals surface area contributed by atoms with Crippen molar-refractivity contribution in [3.05, 3.63) is 9.72 Å². The van der Waals surface area contributed by atoms with Gasteiger partial charge < -0.3 is 4.52 Å².